The second kappa shape index (κ2) is 5.80. The van der Waals surface area contributed by atoms with E-state index in [-0.39, 0.29) is 5.54 Å². The van der Waals surface area contributed by atoms with Crippen molar-refractivity contribution in [2.75, 3.05) is 0 Å². The summed E-state index contributed by atoms with van der Waals surface area (Å²) in [6.07, 6.45) is 7.71. The van der Waals surface area contributed by atoms with Crippen LogP contribution in [0.2, 0.25) is 0 Å². The van der Waals surface area contributed by atoms with Gasteiger partial charge in [0, 0.05) is 0 Å². The van der Waals surface area contributed by atoms with E-state index in [4.69, 9.17) is 4.98 Å². The molecule has 0 atom stereocenters. The van der Waals surface area contributed by atoms with Crippen molar-refractivity contribution >= 4 is 42.2 Å². The Hall–Kier alpha value is -1.48. The van der Waals surface area contributed by atoms with E-state index in [9.17, 15) is 0 Å². The molecule has 4 heteroatoms. The fraction of sp³-hybridized carbons (Fsp3) is 0.250. The Morgan fingerprint density at radius 2 is 1.71 bits per heavy atom. The third-order valence-corrected chi connectivity index (χ3v) is 8.45. The summed E-state index contributed by atoms with van der Waals surface area (Å²) in [6.45, 7) is 0. The first-order chi connectivity index (χ1) is 11.8. The first-order valence-electron chi connectivity index (χ1n) is 8.46. The molecule has 0 amide bonds. The van der Waals surface area contributed by atoms with Crippen molar-refractivity contribution < 1.29 is 0 Å². The topological polar surface area (TPSA) is 17.8 Å². The summed E-state index contributed by atoms with van der Waals surface area (Å²) in [5.41, 5.74) is 2.58. The van der Waals surface area contributed by atoms with Crippen LogP contribution in [0, 0.1) is 0 Å². The van der Waals surface area contributed by atoms with Gasteiger partial charge in [0.05, 0.1) is 0 Å². The Labute approximate surface area is 152 Å². The number of imidazole rings is 1. The second-order valence-electron chi connectivity index (χ2n) is 6.51. The van der Waals surface area contributed by atoms with E-state index in [0.29, 0.717) is 15.0 Å². The van der Waals surface area contributed by atoms with Crippen molar-refractivity contribution in [3.63, 3.8) is 0 Å². The fourth-order valence-electron chi connectivity index (χ4n) is 3.92. The number of fused-ring (bicyclic) bond motifs is 4. The molecule has 1 fully saturated rings. The van der Waals surface area contributed by atoms with Gasteiger partial charge in [0.2, 0.25) is 0 Å². The predicted molar refractivity (Wildman–Crippen MR) is 102 cm³/mol. The van der Waals surface area contributed by atoms with Gasteiger partial charge in [-0.2, -0.15) is 0 Å². The normalized spacial score (nSPS) is 18.8. The molecule has 3 aromatic rings. The van der Waals surface area contributed by atoms with Gasteiger partial charge in [-0.3, -0.25) is 0 Å². The molecule has 2 aromatic carbocycles. The van der Waals surface area contributed by atoms with Crippen LogP contribution in [-0.2, 0) is 5.54 Å². The molecular formula is C20H18N2SSe. The van der Waals surface area contributed by atoms with Gasteiger partial charge in [0.1, 0.15) is 0 Å². The molecule has 1 saturated carbocycles. The molecule has 24 heavy (non-hydrogen) atoms. The van der Waals surface area contributed by atoms with E-state index < -0.39 is 0 Å². The van der Waals surface area contributed by atoms with E-state index in [1.54, 1.807) is 0 Å². The van der Waals surface area contributed by atoms with Crippen LogP contribution >= 0.6 is 11.8 Å². The van der Waals surface area contributed by atoms with Crippen LogP contribution in [0.1, 0.15) is 25.7 Å². The molecule has 2 aliphatic rings. The Morgan fingerprint density at radius 3 is 2.54 bits per heavy atom. The third-order valence-electron chi connectivity index (χ3n) is 4.98. The fourth-order valence-corrected chi connectivity index (χ4v) is 7.85. The summed E-state index contributed by atoms with van der Waals surface area (Å²) >= 11 is 2.25. The summed E-state index contributed by atoms with van der Waals surface area (Å²) in [5, 5.41) is 1.19. The van der Waals surface area contributed by atoms with Crippen LogP contribution in [0.25, 0.3) is 11.0 Å². The molecule has 2 nitrogen and oxygen atoms in total. The van der Waals surface area contributed by atoms with Crippen molar-refractivity contribution in [3.8, 4) is 0 Å². The van der Waals surface area contributed by atoms with E-state index in [1.807, 2.05) is 11.8 Å². The molecule has 2 heterocycles. The Bertz CT molecular complexity index is 923. The molecule has 0 unspecified atom stereocenters. The molecule has 1 aromatic heterocycles. The number of thioether (sulfide) groups is 1. The molecule has 0 N–H and O–H groups in total. The Kier molecular flexibility index (Phi) is 3.58. The second-order valence-corrected chi connectivity index (χ2v) is 10.4. The monoisotopic (exact) mass is 398 g/mol. The molecule has 0 bridgehead atoms. The summed E-state index contributed by atoms with van der Waals surface area (Å²) in [7, 11) is 0. The molecule has 5 rings (SSSR count). The quantitative estimate of drug-likeness (QED) is 0.601. The molecule has 0 radical (unpaired) electrons. The minimum absolute atomic E-state index is 0.155. The summed E-state index contributed by atoms with van der Waals surface area (Å²) < 4.78 is 5.49. The van der Waals surface area contributed by atoms with Crippen molar-refractivity contribution in [2.45, 2.75) is 36.4 Å². The van der Waals surface area contributed by atoms with Crippen LogP contribution in [-0.4, -0.2) is 24.5 Å². The van der Waals surface area contributed by atoms with Gasteiger partial charge in [-0.1, -0.05) is 0 Å². The van der Waals surface area contributed by atoms with Gasteiger partial charge in [-0.05, 0) is 0 Å². The number of nitrogens with zero attached hydrogens (tertiary/aromatic N) is 2. The van der Waals surface area contributed by atoms with Crippen molar-refractivity contribution in [1.29, 1.82) is 0 Å². The number of hydrogen-bond acceptors (Lipinski definition) is 2. The molecular weight excluding hydrogens is 379 g/mol. The maximum absolute atomic E-state index is 4.96. The Balaban J connectivity index is 1.63. The van der Waals surface area contributed by atoms with E-state index in [0.717, 1.165) is 5.52 Å². The van der Waals surface area contributed by atoms with Gasteiger partial charge in [0.15, 0.2) is 0 Å². The van der Waals surface area contributed by atoms with Gasteiger partial charge in [-0.15, -0.1) is 0 Å². The van der Waals surface area contributed by atoms with Gasteiger partial charge < -0.3 is 0 Å². The number of para-hydroxylation sites is 2. The van der Waals surface area contributed by atoms with Crippen LogP contribution in [0.15, 0.2) is 69.6 Å². The number of allylic oxidation sites excluding steroid dienone is 1. The standard InChI is InChI=1S/C20H18N2SSe/c1-2-8-15(9-3-1)24-18-14-20(12-6-7-13-20)22-17-11-5-4-10-16(17)21-19(22)23-18/h1-5,8-11,14H,6-7,12-13H2. The summed E-state index contributed by atoms with van der Waals surface area (Å²) in [4.78, 5) is 4.96. The first-order valence-corrected chi connectivity index (χ1v) is 11.0. The number of hydrogen-bond donors (Lipinski definition) is 0. The van der Waals surface area contributed by atoms with Crippen molar-refractivity contribution in [2.24, 2.45) is 0 Å². The van der Waals surface area contributed by atoms with Crippen LogP contribution < -0.4 is 4.46 Å². The molecule has 1 aliphatic carbocycles. The molecule has 120 valence electrons. The molecule has 0 saturated heterocycles. The average molecular weight is 397 g/mol. The van der Waals surface area contributed by atoms with E-state index in [2.05, 4.69) is 65.2 Å². The first kappa shape index (κ1) is 14.8. The van der Waals surface area contributed by atoms with Crippen molar-refractivity contribution in [3.05, 3.63) is 64.5 Å². The SMILES string of the molecule is C1=C([Se]c2ccccc2)Sc2nc3ccccc3n2C12CCCC2. The Morgan fingerprint density at radius 1 is 0.958 bits per heavy atom. The zero-order valence-corrected chi connectivity index (χ0v) is 15.8. The predicted octanol–water partition coefficient (Wildman–Crippen LogP) is 4.28. The zero-order chi connectivity index (χ0) is 16.0. The third kappa shape index (κ3) is 2.36. The number of benzene rings is 2. The summed E-state index contributed by atoms with van der Waals surface area (Å²) in [6, 6.07) is 19.5. The van der Waals surface area contributed by atoms with Crippen LogP contribution in [0.3, 0.4) is 0 Å². The minimum atomic E-state index is 0.155. The van der Waals surface area contributed by atoms with Crippen LogP contribution in [0.5, 0.6) is 0 Å². The van der Waals surface area contributed by atoms with Gasteiger partial charge in [-0.25, -0.2) is 0 Å². The van der Waals surface area contributed by atoms with Gasteiger partial charge >= 0.3 is 153 Å². The molecule has 1 spiro atoms. The maximum atomic E-state index is 4.96. The average Bonchev–Trinajstić information content (AvgIpc) is 3.20. The molecule has 1 aliphatic heterocycles. The van der Waals surface area contributed by atoms with Crippen LogP contribution in [0.4, 0.5) is 0 Å². The number of aromatic nitrogens is 2. The van der Waals surface area contributed by atoms with Crippen molar-refractivity contribution in [1.82, 2.24) is 9.55 Å². The van der Waals surface area contributed by atoms with E-state index >= 15 is 0 Å². The zero-order valence-electron chi connectivity index (χ0n) is 13.3. The van der Waals surface area contributed by atoms with E-state index in [1.165, 1.54) is 44.6 Å². The van der Waals surface area contributed by atoms with Gasteiger partial charge in [0.25, 0.3) is 0 Å². The number of rotatable bonds is 2. The summed E-state index contributed by atoms with van der Waals surface area (Å²) in [5.74, 6) is 0.